The Bertz CT molecular complexity index is 2200. The van der Waals surface area contributed by atoms with Gasteiger partial charge in [0.15, 0.2) is 0 Å². The minimum absolute atomic E-state index is 0.184. The topological polar surface area (TPSA) is 0 Å². The van der Waals surface area contributed by atoms with Gasteiger partial charge in [0.1, 0.15) is 0 Å². The minimum atomic E-state index is -0.826. The van der Waals surface area contributed by atoms with Gasteiger partial charge in [-0.3, -0.25) is 0 Å². The molecule has 0 aliphatic heterocycles. The summed E-state index contributed by atoms with van der Waals surface area (Å²) in [6.45, 7) is 24.4. The number of hydrogen-bond acceptors (Lipinski definition) is 0. The van der Waals surface area contributed by atoms with Crippen molar-refractivity contribution in [3.05, 3.63) is 155 Å². The Kier molecular flexibility index (Phi) is 15.4. The van der Waals surface area contributed by atoms with Crippen molar-refractivity contribution in [3.63, 3.8) is 0 Å². The van der Waals surface area contributed by atoms with E-state index < -0.39 is 20.8 Å². The van der Waals surface area contributed by atoms with Gasteiger partial charge in [-0.1, -0.05) is 182 Å². The summed E-state index contributed by atoms with van der Waals surface area (Å²) < 4.78 is 0. The Hall–Kier alpha value is -3.00. The van der Waals surface area contributed by atoms with E-state index in [4.69, 9.17) is 17.0 Å². The molecule has 0 unspecified atom stereocenters. The molecule has 272 valence electrons. The van der Waals surface area contributed by atoms with Crippen LogP contribution in [0.15, 0.2) is 127 Å². The van der Waals surface area contributed by atoms with Crippen molar-refractivity contribution in [3.8, 4) is 33.4 Å². The van der Waals surface area contributed by atoms with Crippen LogP contribution in [0.25, 0.3) is 54.9 Å². The van der Waals surface area contributed by atoms with Gasteiger partial charge in [-0.25, -0.2) is 0 Å². The monoisotopic (exact) mass is 830 g/mol. The summed E-state index contributed by atoms with van der Waals surface area (Å²) in [7, 11) is 11.0. The van der Waals surface area contributed by atoms with E-state index in [1.807, 2.05) is 0 Å². The molecule has 0 heterocycles. The van der Waals surface area contributed by atoms with Crippen molar-refractivity contribution in [2.45, 2.75) is 86.2 Å². The summed E-state index contributed by atoms with van der Waals surface area (Å²) in [5, 5.41) is 5.38. The summed E-state index contributed by atoms with van der Waals surface area (Å²) in [5.41, 5.74) is 14.9. The third-order valence-electron chi connectivity index (χ3n) is 9.48. The van der Waals surface area contributed by atoms with Crippen LogP contribution in [0.2, 0.25) is 13.1 Å². The SMILES string of the molecule is C[Si]C.Cc1cc2c(-c3ccc(C(C)(C)C)cc3)ccc(C)c2[cH-]1.Cc1cccc(-c2cc3c(-c4ccc(C(C)(C)C)cc4)cccc3[cH-]2)c1.[Cl][Zr+2][Cl]. The number of halogens is 2. The zero-order chi connectivity index (χ0) is 38.9. The number of hydrogen-bond donors (Lipinski definition) is 0. The number of benzene rings is 5. The van der Waals surface area contributed by atoms with Gasteiger partial charge in [0.25, 0.3) is 0 Å². The number of rotatable bonds is 3. The third kappa shape index (κ3) is 11.3. The maximum absolute atomic E-state index is 4.93. The molecule has 0 fully saturated rings. The number of fused-ring (bicyclic) bond motifs is 2. The zero-order valence-corrected chi connectivity index (χ0v) is 38.4. The van der Waals surface area contributed by atoms with Crippen LogP contribution >= 0.6 is 17.0 Å². The molecule has 0 N–H and O–H groups in total. The van der Waals surface area contributed by atoms with Crippen LogP contribution < -0.4 is 0 Å². The summed E-state index contributed by atoms with van der Waals surface area (Å²) >= 11 is -0.826. The van der Waals surface area contributed by atoms with Crippen molar-refractivity contribution >= 4 is 48.1 Å². The molecule has 0 amide bonds. The molecule has 0 aliphatic carbocycles. The Morgan fingerprint density at radius 3 is 1.57 bits per heavy atom. The molecule has 7 aromatic rings. The number of aryl methyl sites for hydroxylation is 3. The standard InChI is InChI=1S/C26H25.C21H23.C2H6Si.2ClH.Zr/c1-18-7-5-8-20(15-18)22-16-21-9-6-10-24(25(21)17-22)19-11-13-23(14-12-19)26(2,3)4;1-14-12-19-15(2)6-11-18(20(19)13-14)16-7-9-17(10-8-16)21(3,4)5;1-3-2;;;/h5-17H,1-4H3;6-13H,1-5H3;1-2H3;2*1H;/q2*-1;;;;+4/p-2. The van der Waals surface area contributed by atoms with E-state index in [1.54, 1.807) is 0 Å². The fraction of sp³-hybridized carbons (Fsp3) is 0.265. The Labute approximate surface area is 341 Å². The van der Waals surface area contributed by atoms with E-state index in [1.165, 1.54) is 82.7 Å². The van der Waals surface area contributed by atoms with Crippen molar-refractivity contribution in [2.75, 3.05) is 0 Å². The quantitative estimate of drug-likeness (QED) is 0.123. The average Bonchev–Trinajstić information content (AvgIpc) is 3.73. The third-order valence-corrected chi connectivity index (χ3v) is 9.48. The van der Waals surface area contributed by atoms with Gasteiger partial charge in [-0.15, -0.1) is 68.6 Å². The summed E-state index contributed by atoms with van der Waals surface area (Å²) in [4.78, 5) is 0. The summed E-state index contributed by atoms with van der Waals surface area (Å²) in [6.07, 6.45) is 0. The fourth-order valence-electron chi connectivity index (χ4n) is 6.62. The maximum atomic E-state index is 4.93. The molecule has 0 saturated carbocycles. The first-order valence-electron chi connectivity index (χ1n) is 18.3. The molecule has 0 aromatic heterocycles. The average molecular weight is 833 g/mol. The first kappa shape index (κ1) is 42.7. The summed E-state index contributed by atoms with van der Waals surface area (Å²) in [6, 6.07) is 47.1. The van der Waals surface area contributed by atoms with E-state index >= 15 is 0 Å². The second-order valence-corrected chi connectivity index (χ2v) is 20.7. The van der Waals surface area contributed by atoms with Crippen molar-refractivity contribution in [2.24, 2.45) is 0 Å². The Morgan fingerprint density at radius 1 is 0.547 bits per heavy atom. The van der Waals surface area contributed by atoms with Gasteiger partial charge < -0.3 is 0 Å². The first-order chi connectivity index (χ1) is 25.1. The zero-order valence-electron chi connectivity index (χ0n) is 33.4. The molecule has 7 aromatic carbocycles. The molecule has 0 saturated heterocycles. The van der Waals surface area contributed by atoms with Crippen LogP contribution in [0.3, 0.4) is 0 Å². The molecule has 0 atom stereocenters. The van der Waals surface area contributed by atoms with Gasteiger partial charge in [-0.05, 0) is 40.0 Å². The molecule has 0 aliphatic rings. The molecule has 4 heteroatoms. The van der Waals surface area contributed by atoms with E-state index in [0.717, 1.165) is 9.52 Å². The molecule has 0 nitrogen and oxygen atoms in total. The molecular weight excluding hydrogens is 779 g/mol. The second kappa shape index (κ2) is 19.0. The van der Waals surface area contributed by atoms with Gasteiger partial charge >= 0.3 is 37.9 Å². The van der Waals surface area contributed by atoms with Crippen LogP contribution in [0.4, 0.5) is 0 Å². The van der Waals surface area contributed by atoms with Gasteiger partial charge in [0, 0.05) is 9.52 Å². The van der Waals surface area contributed by atoms with E-state index in [2.05, 4.69) is 203 Å². The van der Waals surface area contributed by atoms with Gasteiger partial charge in [0.05, 0.1) is 0 Å². The van der Waals surface area contributed by atoms with Crippen LogP contribution in [0, 0.1) is 20.8 Å². The van der Waals surface area contributed by atoms with Crippen molar-refractivity contribution < 1.29 is 20.8 Å². The van der Waals surface area contributed by atoms with Crippen LogP contribution in [0.5, 0.6) is 0 Å². The molecule has 7 rings (SSSR count). The predicted molar refractivity (Wildman–Crippen MR) is 236 cm³/mol. The Balaban J connectivity index is 0.000000210. The van der Waals surface area contributed by atoms with Crippen LogP contribution in [-0.2, 0) is 31.7 Å². The van der Waals surface area contributed by atoms with E-state index in [9.17, 15) is 0 Å². The van der Waals surface area contributed by atoms with Crippen LogP contribution in [0.1, 0.15) is 69.4 Å². The van der Waals surface area contributed by atoms with E-state index in [-0.39, 0.29) is 10.8 Å². The van der Waals surface area contributed by atoms with Crippen molar-refractivity contribution in [1.29, 1.82) is 0 Å². The molecule has 53 heavy (non-hydrogen) atoms. The van der Waals surface area contributed by atoms with E-state index in [0.29, 0.717) is 0 Å². The molecule has 2 radical (unpaired) electrons. The second-order valence-electron chi connectivity index (χ2n) is 15.9. The molecule has 0 bridgehead atoms. The van der Waals surface area contributed by atoms with Gasteiger partial charge in [-0.2, -0.15) is 6.07 Å². The predicted octanol–water partition coefficient (Wildman–Crippen LogP) is 15.8. The first-order valence-corrected chi connectivity index (χ1v) is 26.6. The van der Waals surface area contributed by atoms with Gasteiger partial charge in [0.2, 0.25) is 0 Å². The normalized spacial score (nSPS) is 11.1. The summed E-state index contributed by atoms with van der Waals surface area (Å²) in [5.74, 6) is 0. The van der Waals surface area contributed by atoms with Crippen LogP contribution in [-0.4, -0.2) is 9.52 Å². The Morgan fingerprint density at radius 2 is 1.06 bits per heavy atom. The molecular formula is C49H54Cl2SiZr. The molecule has 0 spiro atoms. The van der Waals surface area contributed by atoms with Crippen molar-refractivity contribution in [1.82, 2.24) is 0 Å². The fourth-order valence-corrected chi connectivity index (χ4v) is 6.62.